The summed E-state index contributed by atoms with van der Waals surface area (Å²) in [5.41, 5.74) is 0.902. The van der Waals surface area contributed by atoms with E-state index in [0.29, 0.717) is 23.9 Å². The number of carbonyl (C=O) groups excluding carboxylic acids is 1. The topological polar surface area (TPSA) is 84.5 Å². The maximum atomic E-state index is 11.9. The molecule has 0 spiro atoms. The van der Waals surface area contributed by atoms with Crippen LogP contribution < -0.4 is 10.0 Å². The van der Waals surface area contributed by atoms with E-state index in [1.165, 1.54) is 0 Å². The average molecular weight is 314 g/mol. The molecule has 0 unspecified atom stereocenters. The molecule has 0 saturated heterocycles. The molecule has 1 atom stereocenters. The van der Waals surface area contributed by atoms with Gasteiger partial charge in [0.1, 0.15) is 6.10 Å². The minimum atomic E-state index is -3.34. The number of nitrogens with one attached hydrogen (secondary N) is 2. The predicted molar refractivity (Wildman–Crippen MR) is 83.8 cm³/mol. The quantitative estimate of drug-likeness (QED) is 0.807. The molecule has 1 aromatic rings. The molecule has 2 N–H and O–H groups in total. The fraction of sp³-hybridized carbons (Fsp3) is 0.500. The Bertz CT molecular complexity index is 584. The normalized spacial score (nSPS) is 13.0. The highest BCUT2D eigenvalue weighted by Gasteiger charge is 2.14. The predicted octanol–water partition coefficient (Wildman–Crippen LogP) is 2.06. The molecule has 0 aliphatic carbocycles. The second-order valence-electron chi connectivity index (χ2n) is 5.31. The Labute approximate surface area is 125 Å². The van der Waals surface area contributed by atoms with Crippen LogP contribution in [0.5, 0.6) is 0 Å². The Hall–Kier alpha value is -1.60. The van der Waals surface area contributed by atoms with Gasteiger partial charge >= 0.3 is 0 Å². The van der Waals surface area contributed by atoms with E-state index in [1.807, 2.05) is 13.8 Å². The molecule has 118 valence electrons. The van der Waals surface area contributed by atoms with Crippen LogP contribution in [0.2, 0.25) is 0 Å². The molecule has 0 radical (unpaired) electrons. The second-order valence-corrected chi connectivity index (χ2v) is 7.06. The van der Waals surface area contributed by atoms with Gasteiger partial charge in [-0.25, -0.2) is 8.42 Å². The zero-order valence-electron chi connectivity index (χ0n) is 12.7. The Balaban J connectivity index is 2.66. The van der Waals surface area contributed by atoms with Crippen LogP contribution in [0, 0.1) is 5.92 Å². The fourth-order valence-electron chi connectivity index (χ4n) is 1.53. The summed E-state index contributed by atoms with van der Waals surface area (Å²) in [5, 5.41) is 2.69. The summed E-state index contributed by atoms with van der Waals surface area (Å²) >= 11 is 0. The molecule has 1 rings (SSSR count). The Morgan fingerprint density at radius 1 is 1.24 bits per heavy atom. The lowest BCUT2D eigenvalue weighted by Gasteiger charge is -2.15. The van der Waals surface area contributed by atoms with Gasteiger partial charge in [0.05, 0.1) is 11.9 Å². The van der Waals surface area contributed by atoms with Crippen molar-refractivity contribution >= 4 is 27.3 Å². The third-order valence-corrected chi connectivity index (χ3v) is 3.09. The summed E-state index contributed by atoms with van der Waals surface area (Å²) < 4.78 is 30.1. The van der Waals surface area contributed by atoms with Gasteiger partial charge < -0.3 is 10.1 Å². The molecule has 0 fully saturated rings. The van der Waals surface area contributed by atoms with Crippen LogP contribution in [0.15, 0.2) is 24.3 Å². The minimum Gasteiger partial charge on any atom is -0.368 e. The van der Waals surface area contributed by atoms with Gasteiger partial charge in [0, 0.05) is 12.3 Å². The van der Waals surface area contributed by atoms with Crippen molar-refractivity contribution in [1.29, 1.82) is 0 Å². The van der Waals surface area contributed by atoms with Gasteiger partial charge in [-0.05, 0) is 31.0 Å². The first-order chi connectivity index (χ1) is 9.67. The van der Waals surface area contributed by atoms with Crippen LogP contribution in [0.3, 0.4) is 0 Å². The average Bonchev–Trinajstić information content (AvgIpc) is 2.34. The van der Waals surface area contributed by atoms with Gasteiger partial charge in [0.15, 0.2) is 0 Å². The third-order valence-electron chi connectivity index (χ3n) is 2.48. The van der Waals surface area contributed by atoms with Crippen LogP contribution in [-0.2, 0) is 19.6 Å². The fourth-order valence-corrected chi connectivity index (χ4v) is 2.09. The smallest absolute Gasteiger partial charge is 0.253 e. The highest BCUT2D eigenvalue weighted by atomic mass is 32.2. The minimum absolute atomic E-state index is 0.271. The molecule has 0 aromatic heterocycles. The van der Waals surface area contributed by atoms with E-state index in [9.17, 15) is 13.2 Å². The molecule has 6 nitrogen and oxygen atoms in total. The maximum Gasteiger partial charge on any atom is 0.253 e. The number of amides is 1. The number of hydrogen-bond donors (Lipinski definition) is 2. The second kappa shape index (κ2) is 7.42. The number of benzene rings is 1. The van der Waals surface area contributed by atoms with Crippen LogP contribution >= 0.6 is 0 Å². The van der Waals surface area contributed by atoms with Crippen molar-refractivity contribution < 1.29 is 17.9 Å². The molecular weight excluding hydrogens is 292 g/mol. The Kier molecular flexibility index (Phi) is 6.17. The van der Waals surface area contributed by atoms with E-state index in [1.54, 1.807) is 31.2 Å². The van der Waals surface area contributed by atoms with Crippen LogP contribution in [0.4, 0.5) is 11.4 Å². The van der Waals surface area contributed by atoms with E-state index >= 15 is 0 Å². The van der Waals surface area contributed by atoms with Crippen molar-refractivity contribution in [2.24, 2.45) is 5.92 Å². The standard InChI is InChI=1S/C14H22N2O4S/c1-10(2)9-20-11(3)14(17)15-12-6-5-7-13(8-12)16-21(4,18)19/h5-8,10-11,16H,9H2,1-4H3,(H,15,17)/t11-/m1/s1. The molecular formula is C14H22N2O4S. The highest BCUT2D eigenvalue weighted by Crippen LogP contribution is 2.16. The lowest BCUT2D eigenvalue weighted by molar-refractivity contribution is -0.126. The van der Waals surface area contributed by atoms with Crippen LogP contribution in [0.1, 0.15) is 20.8 Å². The Morgan fingerprint density at radius 3 is 2.43 bits per heavy atom. The van der Waals surface area contributed by atoms with Crippen molar-refractivity contribution in [3.63, 3.8) is 0 Å². The zero-order valence-corrected chi connectivity index (χ0v) is 13.5. The van der Waals surface area contributed by atoms with E-state index in [4.69, 9.17) is 4.74 Å². The van der Waals surface area contributed by atoms with Gasteiger partial charge in [0.2, 0.25) is 10.0 Å². The summed E-state index contributed by atoms with van der Waals surface area (Å²) in [4.78, 5) is 11.9. The summed E-state index contributed by atoms with van der Waals surface area (Å²) in [6.07, 6.45) is 0.499. The number of rotatable bonds is 7. The molecule has 1 aromatic carbocycles. The summed E-state index contributed by atoms with van der Waals surface area (Å²) in [6, 6.07) is 6.49. The first-order valence-corrected chi connectivity index (χ1v) is 8.57. The van der Waals surface area contributed by atoms with Crippen molar-refractivity contribution in [2.75, 3.05) is 22.9 Å². The monoisotopic (exact) mass is 314 g/mol. The van der Waals surface area contributed by atoms with Crippen molar-refractivity contribution in [1.82, 2.24) is 0 Å². The maximum absolute atomic E-state index is 11.9. The first kappa shape index (κ1) is 17.5. The van der Waals surface area contributed by atoms with Crippen LogP contribution in [0.25, 0.3) is 0 Å². The van der Waals surface area contributed by atoms with Crippen molar-refractivity contribution in [3.05, 3.63) is 24.3 Å². The van der Waals surface area contributed by atoms with E-state index in [2.05, 4.69) is 10.0 Å². The molecule has 0 aliphatic rings. The van der Waals surface area contributed by atoms with Crippen LogP contribution in [-0.4, -0.2) is 33.3 Å². The molecule has 0 heterocycles. The van der Waals surface area contributed by atoms with Gasteiger partial charge in [-0.3, -0.25) is 9.52 Å². The molecule has 7 heteroatoms. The molecule has 0 aliphatic heterocycles. The van der Waals surface area contributed by atoms with Crippen molar-refractivity contribution in [2.45, 2.75) is 26.9 Å². The zero-order chi connectivity index (χ0) is 16.0. The summed E-state index contributed by atoms with van der Waals surface area (Å²) in [5.74, 6) is 0.0784. The van der Waals surface area contributed by atoms with Gasteiger partial charge in [0.25, 0.3) is 5.91 Å². The third kappa shape index (κ3) is 7.10. The van der Waals surface area contributed by atoms with Gasteiger partial charge in [-0.1, -0.05) is 19.9 Å². The molecule has 0 bridgehead atoms. The van der Waals surface area contributed by atoms with Gasteiger partial charge in [-0.2, -0.15) is 0 Å². The van der Waals surface area contributed by atoms with Gasteiger partial charge in [-0.15, -0.1) is 0 Å². The number of anilines is 2. The van der Waals surface area contributed by atoms with E-state index < -0.39 is 16.1 Å². The van der Waals surface area contributed by atoms with E-state index in [-0.39, 0.29) is 5.91 Å². The summed E-state index contributed by atoms with van der Waals surface area (Å²) in [6.45, 7) is 6.19. The highest BCUT2D eigenvalue weighted by molar-refractivity contribution is 7.92. The number of carbonyl (C=O) groups is 1. The SMILES string of the molecule is CC(C)CO[C@H](C)C(=O)Nc1cccc(NS(C)(=O)=O)c1. The number of sulfonamides is 1. The molecule has 21 heavy (non-hydrogen) atoms. The van der Waals surface area contributed by atoms with Crippen molar-refractivity contribution in [3.8, 4) is 0 Å². The Morgan fingerprint density at radius 2 is 1.86 bits per heavy atom. The first-order valence-electron chi connectivity index (χ1n) is 6.67. The number of ether oxygens (including phenoxy) is 1. The summed E-state index contributed by atoms with van der Waals surface area (Å²) in [7, 11) is -3.34. The molecule has 0 saturated carbocycles. The number of hydrogen-bond acceptors (Lipinski definition) is 4. The largest absolute Gasteiger partial charge is 0.368 e. The lowest BCUT2D eigenvalue weighted by Crippen LogP contribution is -2.28. The molecule has 1 amide bonds. The van der Waals surface area contributed by atoms with E-state index in [0.717, 1.165) is 6.26 Å². The lowest BCUT2D eigenvalue weighted by atomic mass is 10.2.